The van der Waals surface area contributed by atoms with Gasteiger partial charge in [-0.3, -0.25) is 4.99 Å². The quantitative estimate of drug-likeness (QED) is 0.424. The Morgan fingerprint density at radius 3 is 2.55 bits per heavy atom. The second-order valence-electron chi connectivity index (χ2n) is 5.47. The predicted molar refractivity (Wildman–Crippen MR) is 81.1 cm³/mol. The summed E-state index contributed by atoms with van der Waals surface area (Å²) in [6.07, 6.45) is -2.04. The zero-order valence-corrected chi connectivity index (χ0v) is 13.4. The van der Waals surface area contributed by atoms with E-state index in [-0.39, 0.29) is 12.6 Å². The Labute approximate surface area is 130 Å². The van der Waals surface area contributed by atoms with Gasteiger partial charge < -0.3 is 20.3 Å². The summed E-state index contributed by atoms with van der Waals surface area (Å²) in [7, 11) is 3.27. The molecule has 0 radical (unpaired) electrons. The van der Waals surface area contributed by atoms with Crippen molar-refractivity contribution >= 4 is 5.96 Å². The monoisotopic (exact) mass is 324 g/mol. The molecule has 1 saturated heterocycles. The number of guanidine groups is 1. The van der Waals surface area contributed by atoms with Gasteiger partial charge in [0.1, 0.15) is 0 Å². The van der Waals surface area contributed by atoms with Gasteiger partial charge in [-0.25, -0.2) is 0 Å². The van der Waals surface area contributed by atoms with E-state index in [0.29, 0.717) is 5.96 Å². The topological polar surface area (TPSA) is 48.9 Å². The molecule has 0 amide bonds. The summed E-state index contributed by atoms with van der Waals surface area (Å²) in [6, 6.07) is 0.260. The molecule has 2 N–H and O–H groups in total. The maximum absolute atomic E-state index is 12.1. The molecule has 0 saturated carbocycles. The molecule has 1 rings (SSSR count). The first-order valence-electron chi connectivity index (χ1n) is 7.70. The number of nitrogens with zero attached hydrogens (tertiary/aromatic N) is 2. The van der Waals surface area contributed by atoms with Crippen molar-refractivity contribution in [1.29, 1.82) is 0 Å². The SMILES string of the molecule is CN=C(NCCC(F)(F)F)NC1CCN(CCCOC)CC1. The number of alkyl halides is 3. The van der Waals surface area contributed by atoms with Crippen LogP contribution in [-0.4, -0.2) is 70.0 Å². The molecule has 0 bridgehead atoms. The lowest BCUT2D eigenvalue weighted by molar-refractivity contribution is -0.132. The van der Waals surface area contributed by atoms with E-state index in [0.717, 1.165) is 45.5 Å². The largest absolute Gasteiger partial charge is 0.390 e. The number of rotatable bonds is 7. The van der Waals surface area contributed by atoms with Gasteiger partial charge in [-0.05, 0) is 19.3 Å². The third kappa shape index (κ3) is 8.43. The summed E-state index contributed by atoms with van der Waals surface area (Å²) in [5, 5.41) is 5.91. The standard InChI is InChI=1S/C14H27F3N4O/c1-18-13(19-7-6-14(15,16)17)20-12-4-9-21(10-5-12)8-3-11-22-2/h12H,3-11H2,1-2H3,(H2,18,19,20). The molecule has 0 aliphatic carbocycles. The third-order valence-corrected chi connectivity index (χ3v) is 3.68. The van der Waals surface area contributed by atoms with Gasteiger partial charge in [0.25, 0.3) is 0 Å². The zero-order valence-electron chi connectivity index (χ0n) is 13.4. The average Bonchev–Trinajstić information content (AvgIpc) is 2.47. The molecule has 130 valence electrons. The normalized spacial score (nSPS) is 18.5. The number of hydrogen-bond acceptors (Lipinski definition) is 3. The molecule has 0 spiro atoms. The third-order valence-electron chi connectivity index (χ3n) is 3.68. The number of piperidine rings is 1. The molecule has 5 nitrogen and oxygen atoms in total. The summed E-state index contributed by atoms with van der Waals surface area (Å²) in [4.78, 5) is 6.36. The fraction of sp³-hybridized carbons (Fsp3) is 0.929. The number of methoxy groups -OCH3 is 1. The van der Waals surface area contributed by atoms with Crippen LogP contribution in [0.4, 0.5) is 13.2 Å². The first-order valence-corrected chi connectivity index (χ1v) is 7.70. The second-order valence-corrected chi connectivity index (χ2v) is 5.47. The van der Waals surface area contributed by atoms with E-state index in [1.54, 1.807) is 14.2 Å². The number of hydrogen-bond donors (Lipinski definition) is 2. The van der Waals surface area contributed by atoms with Crippen LogP contribution >= 0.6 is 0 Å². The molecule has 0 aromatic rings. The van der Waals surface area contributed by atoms with E-state index in [2.05, 4.69) is 20.5 Å². The first kappa shape index (κ1) is 19.0. The van der Waals surface area contributed by atoms with E-state index < -0.39 is 12.6 Å². The fourth-order valence-electron chi connectivity index (χ4n) is 2.44. The molecule has 0 aromatic heterocycles. The Balaban J connectivity index is 2.20. The number of halogens is 3. The van der Waals surface area contributed by atoms with Gasteiger partial charge >= 0.3 is 6.18 Å². The summed E-state index contributed by atoms with van der Waals surface area (Å²) in [5.41, 5.74) is 0. The zero-order chi connectivity index (χ0) is 16.4. The Morgan fingerprint density at radius 2 is 2.00 bits per heavy atom. The molecule has 22 heavy (non-hydrogen) atoms. The van der Waals surface area contributed by atoms with Gasteiger partial charge in [0.2, 0.25) is 0 Å². The molecule has 1 fully saturated rings. The molecule has 1 aliphatic rings. The van der Waals surface area contributed by atoms with Crippen LogP contribution in [0.2, 0.25) is 0 Å². The fourth-order valence-corrected chi connectivity index (χ4v) is 2.44. The number of aliphatic imine (C=N–C) groups is 1. The first-order chi connectivity index (χ1) is 10.4. The van der Waals surface area contributed by atoms with Crippen molar-refractivity contribution < 1.29 is 17.9 Å². The van der Waals surface area contributed by atoms with Gasteiger partial charge in [0.15, 0.2) is 5.96 Å². The van der Waals surface area contributed by atoms with Crippen LogP contribution in [0.1, 0.15) is 25.7 Å². The van der Waals surface area contributed by atoms with Crippen molar-refractivity contribution in [2.75, 3.05) is 46.9 Å². The smallest absolute Gasteiger partial charge is 0.385 e. The number of nitrogens with one attached hydrogen (secondary N) is 2. The van der Waals surface area contributed by atoms with Crippen molar-refractivity contribution in [2.24, 2.45) is 4.99 Å². The van der Waals surface area contributed by atoms with Crippen LogP contribution in [0.15, 0.2) is 4.99 Å². The predicted octanol–water partition coefficient (Wildman–Crippen LogP) is 1.60. The highest BCUT2D eigenvalue weighted by Crippen LogP contribution is 2.18. The summed E-state index contributed by atoms with van der Waals surface area (Å²) in [6.45, 7) is 3.62. The molecular formula is C14H27F3N4O. The minimum atomic E-state index is -4.14. The summed E-state index contributed by atoms with van der Waals surface area (Å²) in [5.74, 6) is 0.446. The van der Waals surface area contributed by atoms with Gasteiger partial charge in [0, 0.05) is 53.0 Å². The lowest BCUT2D eigenvalue weighted by Crippen LogP contribution is -2.49. The molecular weight excluding hydrogens is 297 g/mol. The van der Waals surface area contributed by atoms with E-state index >= 15 is 0 Å². The molecule has 0 atom stereocenters. The lowest BCUT2D eigenvalue weighted by Gasteiger charge is -2.33. The number of likely N-dealkylation sites (tertiary alicyclic amines) is 1. The van der Waals surface area contributed by atoms with Crippen molar-refractivity contribution in [3.63, 3.8) is 0 Å². The van der Waals surface area contributed by atoms with Crippen LogP contribution in [-0.2, 0) is 4.74 Å². The van der Waals surface area contributed by atoms with E-state index in [9.17, 15) is 13.2 Å². The Bertz CT molecular complexity index is 329. The molecule has 8 heteroatoms. The van der Waals surface area contributed by atoms with Gasteiger partial charge in [0.05, 0.1) is 6.42 Å². The summed E-state index contributed by atoms with van der Waals surface area (Å²) < 4.78 is 41.4. The van der Waals surface area contributed by atoms with Gasteiger partial charge in [-0.15, -0.1) is 0 Å². The van der Waals surface area contributed by atoms with Crippen molar-refractivity contribution in [3.05, 3.63) is 0 Å². The minimum Gasteiger partial charge on any atom is -0.385 e. The second kappa shape index (κ2) is 9.89. The minimum absolute atomic E-state index is 0.154. The van der Waals surface area contributed by atoms with Gasteiger partial charge in [-0.1, -0.05) is 0 Å². The highest BCUT2D eigenvalue weighted by Gasteiger charge is 2.26. The van der Waals surface area contributed by atoms with Crippen LogP contribution in [0.25, 0.3) is 0 Å². The van der Waals surface area contributed by atoms with Crippen LogP contribution < -0.4 is 10.6 Å². The lowest BCUT2D eigenvalue weighted by atomic mass is 10.1. The maximum atomic E-state index is 12.1. The van der Waals surface area contributed by atoms with Crippen molar-refractivity contribution in [1.82, 2.24) is 15.5 Å². The summed E-state index contributed by atoms with van der Waals surface area (Å²) >= 11 is 0. The van der Waals surface area contributed by atoms with E-state index in [1.807, 2.05) is 0 Å². The van der Waals surface area contributed by atoms with Crippen molar-refractivity contribution in [2.45, 2.75) is 37.9 Å². The number of ether oxygens (including phenoxy) is 1. The molecule has 1 aliphatic heterocycles. The highest BCUT2D eigenvalue weighted by molar-refractivity contribution is 5.79. The van der Waals surface area contributed by atoms with E-state index in [1.165, 1.54) is 0 Å². The Morgan fingerprint density at radius 1 is 1.32 bits per heavy atom. The van der Waals surface area contributed by atoms with Gasteiger partial charge in [-0.2, -0.15) is 13.2 Å². The van der Waals surface area contributed by atoms with Crippen molar-refractivity contribution in [3.8, 4) is 0 Å². The van der Waals surface area contributed by atoms with Crippen LogP contribution in [0, 0.1) is 0 Å². The molecule has 0 aromatic carbocycles. The molecule has 0 unspecified atom stereocenters. The Kier molecular flexibility index (Phi) is 8.55. The maximum Gasteiger partial charge on any atom is 0.390 e. The molecule has 1 heterocycles. The van der Waals surface area contributed by atoms with Crippen LogP contribution in [0.5, 0.6) is 0 Å². The Hall–Kier alpha value is -1.02. The highest BCUT2D eigenvalue weighted by atomic mass is 19.4. The average molecular weight is 324 g/mol. The van der Waals surface area contributed by atoms with E-state index in [4.69, 9.17) is 4.74 Å². The van der Waals surface area contributed by atoms with Crippen LogP contribution in [0.3, 0.4) is 0 Å².